The third-order valence-corrected chi connectivity index (χ3v) is 1.38. The number of hydrogen-bond acceptors (Lipinski definition) is 5. The number of hydrogen-bond donors (Lipinski definition) is 4. The van der Waals surface area contributed by atoms with Crippen LogP contribution in [0.1, 0.15) is 6.92 Å². The minimum Gasteiger partial charge on any atom is -0.391 e. The van der Waals surface area contributed by atoms with Gasteiger partial charge >= 0.3 is 0 Å². The van der Waals surface area contributed by atoms with Gasteiger partial charge in [-0.1, -0.05) is 0 Å². The second kappa shape index (κ2) is 4.63. The van der Waals surface area contributed by atoms with E-state index in [9.17, 15) is 0 Å². The van der Waals surface area contributed by atoms with Crippen molar-refractivity contribution in [2.24, 2.45) is 0 Å². The van der Waals surface area contributed by atoms with Crippen LogP contribution in [-0.4, -0.2) is 52.1 Å². The highest BCUT2D eigenvalue weighted by atomic mass is 16.6. The third-order valence-electron chi connectivity index (χ3n) is 1.38. The van der Waals surface area contributed by atoms with E-state index >= 15 is 0 Å². The maximum Gasteiger partial charge on any atom is 0.183 e. The second-order valence-electron chi connectivity index (χ2n) is 2.35. The lowest BCUT2D eigenvalue weighted by atomic mass is 10.1. The Morgan fingerprint density at radius 1 is 1.00 bits per heavy atom. The molecule has 0 rings (SSSR count). The quantitative estimate of drug-likeness (QED) is 0.365. The van der Waals surface area contributed by atoms with Gasteiger partial charge in [0.1, 0.15) is 12.2 Å². The van der Waals surface area contributed by atoms with E-state index in [2.05, 4.69) is 4.74 Å². The summed E-state index contributed by atoms with van der Waals surface area (Å²) in [7, 11) is 1.18. The van der Waals surface area contributed by atoms with Crippen LogP contribution in [-0.2, 0) is 4.74 Å². The summed E-state index contributed by atoms with van der Waals surface area (Å²) in [6.07, 6.45) is -5.46. The number of aliphatic hydroxyl groups is 4. The zero-order valence-corrected chi connectivity index (χ0v) is 6.51. The molecule has 0 aliphatic rings. The number of rotatable bonds is 4. The van der Waals surface area contributed by atoms with Gasteiger partial charge in [0.2, 0.25) is 0 Å². The molecule has 5 nitrogen and oxygen atoms in total. The van der Waals surface area contributed by atoms with Gasteiger partial charge in [0, 0.05) is 7.11 Å². The van der Waals surface area contributed by atoms with Crippen molar-refractivity contribution in [1.82, 2.24) is 0 Å². The number of aliphatic hydroxyl groups excluding tert-OH is 4. The summed E-state index contributed by atoms with van der Waals surface area (Å²) in [5.74, 6) is 0. The largest absolute Gasteiger partial charge is 0.391 e. The molecule has 0 amide bonds. The Labute approximate surface area is 64.9 Å². The monoisotopic (exact) mass is 166 g/mol. The molecule has 68 valence electrons. The second-order valence-corrected chi connectivity index (χ2v) is 2.35. The van der Waals surface area contributed by atoms with Gasteiger partial charge in [-0.3, -0.25) is 0 Å². The minimum atomic E-state index is -1.49. The predicted octanol–water partition coefficient (Wildman–Crippen LogP) is -1.95. The van der Waals surface area contributed by atoms with Crippen molar-refractivity contribution in [1.29, 1.82) is 0 Å². The van der Waals surface area contributed by atoms with Crippen LogP contribution in [0.4, 0.5) is 0 Å². The van der Waals surface area contributed by atoms with Gasteiger partial charge < -0.3 is 25.2 Å². The zero-order chi connectivity index (χ0) is 9.02. The molecule has 0 saturated carbocycles. The van der Waals surface area contributed by atoms with Crippen LogP contribution in [0, 0.1) is 0 Å². The molecular weight excluding hydrogens is 152 g/mol. The number of methoxy groups -OCH3 is 1. The van der Waals surface area contributed by atoms with E-state index in [1.165, 1.54) is 14.0 Å². The molecule has 11 heavy (non-hydrogen) atoms. The maximum absolute atomic E-state index is 8.97. The first-order valence-corrected chi connectivity index (χ1v) is 3.25. The fourth-order valence-corrected chi connectivity index (χ4v) is 0.593. The van der Waals surface area contributed by atoms with Crippen molar-refractivity contribution in [2.45, 2.75) is 31.5 Å². The van der Waals surface area contributed by atoms with Gasteiger partial charge in [-0.25, -0.2) is 0 Å². The van der Waals surface area contributed by atoms with Crippen molar-refractivity contribution in [3.05, 3.63) is 0 Å². The average molecular weight is 166 g/mol. The van der Waals surface area contributed by atoms with Crippen LogP contribution < -0.4 is 0 Å². The van der Waals surface area contributed by atoms with Gasteiger partial charge in [0.05, 0.1) is 6.10 Å². The third kappa shape index (κ3) is 3.13. The normalized spacial score (nSPS) is 22.4. The van der Waals surface area contributed by atoms with E-state index in [1.54, 1.807) is 0 Å². The molecule has 0 fully saturated rings. The van der Waals surface area contributed by atoms with Crippen molar-refractivity contribution in [2.75, 3.05) is 7.11 Å². The molecule has 0 aromatic heterocycles. The Hall–Kier alpha value is -0.200. The van der Waals surface area contributed by atoms with Crippen LogP contribution in [0.25, 0.3) is 0 Å². The molecule has 0 heterocycles. The Bertz CT molecular complexity index is 105. The molecule has 0 spiro atoms. The summed E-state index contributed by atoms with van der Waals surface area (Å²) in [5, 5.41) is 35.5. The lowest BCUT2D eigenvalue weighted by Crippen LogP contribution is -2.44. The first-order chi connectivity index (χ1) is 5.00. The zero-order valence-electron chi connectivity index (χ0n) is 6.51. The smallest absolute Gasteiger partial charge is 0.183 e. The fraction of sp³-hybridized carbons (Fsp3) is 1.00. The molecule has 4 atom stereocenters. The Morgan fingerprint density at radius 2 is 1.45 bits per heavy atom. The SMILES string of the molecule is CO[C@@H](O)[C@@H](O)[C@H](O)[C@@H](C)O. The highest BCUT2D eigenvalue weighted by molar-refractivity contribution is 4.73. The van der Waals surface area contributed by atoms with Crippen molar-refractivity contribution in [3.8, 4) is 0 Å². The van der Waals surface area contributed by atoms with Gasteiger partial charge in [0.15, 0.2) is 6.29 Å². The summed E-state index contributed by atoms with van der Waals surface area (Å²) in [6.45, 7) is 1.30. The summed E-state index contributed by atoms with van der Waals surface area (Å²) in [6, 6.07) is 0. The van der Waals surface area contributed by atoms with Crippen molar-refractivity contribution in [3.63, 3.8) is 0 Å². The standard InChI is InChI=1S/C6H14O5/c1-3(7)4(8)5(9)6(10)11-2/h3-10H,1-2H3/t3-,4-,5+,6-/m1/s1. The lowest BCUT2D eigenvalue weighted by Gasteiger charge is -2.23. The minimum absolute atomic E-state index is 1.10. The molecule has 0 unspecified atom stereocenters. The first kappa shape index (κ1) is 10.8. The van der Waals surface area contributed by atoms with Gasteiger partial charge in [-0.15, -0.1) is 0 Å². The average Bonchev–Trinajstić information content (AvgIpc) is 2.00. The molecular formula is C6H14O5. The summed E-state index contributed by atoms with van der Waals surface area (Å²) < 4.78 is 4.32. The first-order valence-electron chi connectivity index (χ1n) is 3.25. The van der Waals surface area contributed by atoms with Crippen LogP contribution in [0.5, 0.6) is 0 Å². The van der Waals surface area contributed by atoms with Crippen LogP contribution >= 0.6 is 0 Å². The van der Waals surface area contributed by atoms with Crippen molar-refractivity contribution >= 4 is 0 Å². The fourth-order valence-electron chi connectivity index (χ4n) is 0.593. The highest BCUT2D eigenvalue weighted by Gasteiger charge is 2.27. The number of ether oxygens (including phenoxy) is 1. The van der Waals surface area contributed by atoms with E-state index in [0.717, 1.165) is 0 Å². The molecule has 0 radical (unpaired) electrons. The molecule has 0 aliphatic heterocycles. The predicted molar refractivity (Wildman–Crippen MR) is 36.7 cm³/mol. The summed E-state index contributed by atoms with van der Waals surface area (Å²) in [4.78, 5) is 0. The molecule has 0 saturated heterocycles. The van der Waals surface area contributed by atoms with Crippen LogP contribution in [0.15, 0.2) is 0 Å². The topological polar surface area (TPSA) is 90.2 Å². The Balaban J connectivity index is 3.90. The van der Waals surface area contributed by atoms with Gasteiger partial charge in [0.25, 0.3) is 0 Å². The van der Waals surface area contributed by atoms with Crippen molar-refractivity contribution < 1.29 is 25.2 Å². The molecule has 4 N–H and O–H groups in total. The van der Waals surface area contributed by atoms with E-state index in [4.69, 9.17) is 20.4 Å². The molecule has 0 aromatic carbocycles. The molecule has 0 bridgehead atoms. The summed E-state index contributed by atoms with van der Waals surface area (Å²) in [5.41, 5.74) is 0. The van der Waals surface area contributed by atoms with Gasteiger partial charge in [-0.2, -0.15) is 0 Å². The Morgan fingerprint density at radius 3 is 1.73 bits per heavy atom. The van der Waals surface area contributed by atoms with E-state index in [0.29, 0.717) is 0 Å². The maximum atomic E-state index is 8.97. The van der Waals surface area contributed by atoms with Crippen LogP contribution in [0.3, 0.4) is 0 Å². The Kier molecular flexibility index (Phi) is 4.55. The van der Waals surface area contributed by atoms with Gasteiger partial charge in [-0.05, 0) is 6.92 Å². The highest BCUT2D eigenvalue weighted by Crippen LogP contribution is 2.04. The molecule has 0 aliphatic carbocycles. The lowest BCUT2D eigenvalue weighted by molar-refractivity contribution is -0.188. The van der Waals surface area contributed by atoms with Crippen LogP contribution in [0.2, 0.25) is 0 Å². The van der Waals surface area contributed by atoms with E-state index in [1.807, 2.05) is 0 Å². The van der Waals surface area contributed by atoms with E-state index < -0.39 is 24.6 Å². The summed E-state index contributed by atoms with van der Waals surface area (Å²) >= 11 is 0. The molecule has 5 heteroatoms. The van der Waals surface area contributed by atoms with E-state index in [-0.39, 0.29) is 0 Å². The molecule has 0 aromatic rings.